The monoisotopic (exact) mass is 513 g/mol. The number of esters is 1. The van der Waals surface area contributed by atoms with Gasteiger partial charge in [0.05, 0.1) is 16.8 Å². The number of benzene rings is 3. The number of amides is 2. The van der Waals surface area contributed by atoms with Gasteiger partial charge in [-0.1, -0.05) is 51.8 Å². The Kier molecular flexibility index (Phi) is 7.75. The first-order chi connectivity index (χ1) is 15.3. The van der Waals surface area contributed by atoms with Crippen LogP contribution in [0.3, 0.4) is 0 Å². The molecule has 2 N–H and O–H groups in total. The molecule has 0 saturated carbocycles. The topological polar surface area (TPSA) is 96.9 Å². The minimum atomic E-state index is -0.952. The van der Waals surface area contributed by atoms with Gasteiger partial charge in [0.25, 0.3) is 0 Å². The number of hydrogen-bond acceptors (Lipinski definition) is 5. The highest BCUT2D eigenvalue weighted by atomic mass is 79.9. The molecule has 0 aliphatic carbocycles. The van der Waals surface area contributed by atoms with Crippen LogP contribution in [0.5, 0.6) is 5.75 Å². The minimum Gasteiger partial charge on any atom is -0.422 e. The molecular weight excluding hydrogens is 498 g/mol. The molecule has 0 aromatic heterocycles. The van der Waals surface area contributed by atoms with Crippen LogP contribution >= 0.6 is 27.5 Å². The number of nitrogens with one attached hydrogen (secondary N) is 2. The molecule has 3 aromatic carbocycles. The van der Waals surface area contributed by atoms with Gasteiger partial charge < -0.3 is 10.1 Å². The van der Waals surface area contributed by atoms with E-state index >= 15 is 0 Å². The first kappa shape index (κ1) is 23.2. The summed E-state index contributed by atoms with van der Waals surface area (Å²) in [6.45, 7) is 1.87. The van der Waals surface area contributed by atoms with Crippen LogP contribution in [0.2, 0.25) is 5.02 Å². The van der Waals surface area contributed by atoms with E-state index in [1.165, 1.54) is 6.21 Å². The summed E-state index contributed by atoms with van der Waals surface area (Å²) in [4.78, 5) is 36.5. The molecule has 0 spiro atoms. The maximum Gasteiger partial charge on any atom is 0.345 e. The Hall–Kier alpha value is -3.49. The third-order valence-corrected chi connectivity index (χ3v) is 4.94. The van der Waals surface area contributed by atoms with E-state index in [-0.39, 0.29) is 16.3 Å². The van der Waals surface area contributed by atoms with Crippen molar-refractivity contribution >= 4 is 57.2 Å². The molecule has 0 atom stereocenters. The van der Waals surface area contributed by atoms with Gasteiger partial charge in [0.1, 0.15) is 5.75 Å². The number of carbonyl (C=O) groups is 3. The second kappa shape index (κ2) is 10.7. The lowest BCUT2D eigenvalue weighted by Crippen LogP contribution is -2.32. The second-order valence-corrected chi connectivity index (χ2v) is 7.90. The zero-order chi connectivity index (χ0) is 23.1. The number of ether oxygens (including phenoxy) is 1. The predicted octanol–water partition coefficient (Wildman–Crippen LogP) is 4.72. The minimum absolute atomic E-state index is 0.195. The smallest absolute Gasteiger partial charge is 0.345 e. The number of carbonyl (C=O) groups excluding carboxylic acids is 3. The fourth-order valence-electron chi connectivity index (χ4n) is 2.62. The zero-order valence-corrected chi connectivity index (χ0v) is 19.1. The Bertz CT molecular complexity index is 1210. The van der Waals surface area contributed by atoms with Gasteiger partial charge in [0.15, 0.2) is 0 Å². The molecule has 0 radical (unpaired) electrons. The largest absolute Gasteiger partial charge is 0.422 e. The molecule has 0 aliphatic rings. The van der Waals surface area contributed by atoms with Crippen LogP contribution in [-0.4, -0.2) is 24.0 Å². The molecular formula is C23H17BrClN3O4. The SMILES string of the molecule is Cc1cccc(NC(=O)C(=O)N/N=C\c2cc(Br)ccc2OC(=O)c2ccccc2Cl)c1. The number of aryl methyl sites for hydroxylation is 1. The number of anilines is 1. The molecule has 32 heavy (non-hydrogen) atoms. The second-order valence-electron chi connectivity index (χ2n) is 6.57. The summed E-state index contributed by atoms with van der Waals surface area (Å²) in [6, 6.07) is 18.4. The zero-order valence-electron chi connectivity index (χ0n) is 16.8. The van der Waals surface area contributed by atoms with Gasteiger partial charge in [-0.2, -0.15) is 5.10 Å². The summed E-state index contributed by atoms with van der Waals surface area (Å²) in [7, 11) is 0. The highest BCUT2D eigenvalue weighted by molar-refractivity contribution is 9.10. The Morgan fingerprint density at radius 2 is 1.78 bits per heavy atom. The van der Waals surface area contributed by atoms with Crippen LogP contribution in [-0.2, 0) is 9.59 Å². The van der Waals surface area contributed by atoms with Crippen LogP contribution in [0.25, 0.3) is 0 Å². The van der Waals surface area contributed by atoms with Crippen molar-refractivity contribution in [2.45, 2.75) is 6.92 Å². The number of rotatable bonds is 5. The molecule has 0 heterocycles. The van der Waals surface area contributed by atoms with Crippen LogP contribution < -0.4 is 15.5 Å². The third-order valence-electron chi connectivity index (χ3n) is 4.12. The van der Waals surface area contributed by atoms with Crippen LogP contribution in [0.15, 0.2) is 76.3 Å². The lowest BCUT2D eigenvalue weighted by molar-refractivity contribution is -0.136. The van der Waals surface area contributed by atoms with E-state index < -0.39 is 17.8 Å². The summed E-state index contributed by atoms with van der Waals surface area (Å²) in [5, 5.41) is 6.55. The quantitative estimate of drug-likeness (QED) is 0.169. The van der Waals surface area contributed by atoms with Crippen molar-refractivity contribution < 1.29 is 19.1 Å². The molecule has 3 aromatic rings. The van der Waals surface area contributed by atoms with Gasteiger partial charge in [-0.25, -0.2) is 10.2 Å². The summed E-state index contributed by atoms with van der Waals surface area (Å²) >= 11 is 9.38. The molecule has 7 nitrogen and oxygen atoms in total. The van der Waals surface area contributed by atoms with E-state index in [1.807, 2.05) is 13.0 Å². The number of hydrazone groups is 1. The molecule has 0 fully saturated rings. The number of nitrogens with zero attached hydrogens (tertiary/aromatic N) is 1. The average molecular weight is 515 g/mol. The molecule has 0 saturated heterocycles. The van der Waals surface area contributed by atoms with Crippen molar-refractivity contribution in [2.24, 2.45) is 5.10 Å². The maximum atomic E-state index is 12.5. The van der Waals surface area contributed by atoms with Gasteiger partial charge in [-0.3, -0.25) is 9.59 Å². The van der Waals surface area contributed by atoms with E-state index in [4.69, 9.17) is 16.3 Å². The average Bonchev–Trinajstić information content (AvgIpc) is 2.75. The Morgan fingerprint density at radius 3 is 2.53 bits per heavy atom. The standard InChI is InChI=1S/C23H17BrClN3O4/c1-14-5-4-6-17(11-14)27-21(29)22(30)28-26-13-15-12-16(24)9-10-20(15)32-23(31)18-7-2-3-8-19(18)25/h2-13H,1H3,(H,27,29)(H,28,30)/b26-13-. The van der Waals surface area contributed by atoms with Crippen molar-refractivity contribution in [1.82, 2.24) is 5.43 Å². The molecule has 162 valence electrons. The first-order valence-corrected chi connectivity index (χ1v) is 10.5. The summed E-state index contributed by atoms with van der Waals surface area (Å²) < 4.78 is 6.13. The molecule has 0 aliphatic heterocycles. The third kappa shape index (κ3) is 6.26. The fraction of sp³-hybridized carbons (Fsp3) is 0.0435. The van der Waals surface area contributed by atoms with E-state index in [2.05, 4.69) is 31.8 Å². The van der Waals surface area contributed by atoms with Gasteiger partial charge in [-0.05, 0) is 55.0 Å². The Morgan fingerprint density at radius 1 is 1.00 bits per heavy atom. The van der Waals surface area contributed by atoms with Gasteiger partial charge in [0, 0.05) is 15.7 Å². The van der Waals surface area contributed by atoms with Gasteiger partial charge in [-0.15, -0.1) is 0 Å². The Labute approximate surface area is 197 Å². The molecule has 9 heteroatoms. The van der Waals surface area contributed by atoms with E-state index in [1.54, 1.807) is 60.7 Å². The van der Waals surface area contributed by atoms with Crippen molar-refractivity contribution in [2.75, 3.05) is 5.32 Å². The van der Waals surface area contributed by atoms with Crippen molar-refractivity contribution in [1.29, 1.82) is 0 Å². The molecule has 3 rings (SSSR count). The normalized spacial score (nSPS) is 10.6. The molecule has 2 amide bonds. The predicted molar refractivity (Wildman–Crippen MR) is 126 cm³/mol. The Balaban J connectivity index is 1.68. The fourth-order valence-corrected chi connectivity index (χ4v) is 3.21. The van der Waals surface area contributed by atoms with Gasteiger partial charge in [0.2, 0.25) is 0 Å². The lowest BCUT2D eigenvalue weighted by Gasteiger charge is -2.09. The number of halogens is 2. The van der Waals surface area contributed by atoms with Gasteiger partial charge >= 0.3 is 17.8 Å². The number of hydrogen-bond donors (Lipinski definition) is 2. The maximum absolute atomic E-state index is 12.5. The summed E-state index contributed by atoms with van der Waals surface area (Å²) in [5.74, 6) is -2.27. The van der Waals surface area contributed by atoms with Crippen molar-refractivity contribution in [3.05, 3.63) is 92.9 Å². The highest BCUT2D eigenvalue weighted by Gasteiger charge is 2.15. The van der Waals surface area contributed by atoms with Crippen LogP contribution in [0.1, 0.15) is 21.5 Å². The van der Waals surface area contributed by atoms with E-state index in [0.717, 1.165) is 5.56 Å². The van der Waals surface area contributed by atoms with Crippen LogP contribution in [0, 0.1) is 6.92 Å². The van der Waals surface area contributed by atoms with E-state index in [0.29, 0.717) is 15.7 Å². The van der Waals surface area contributed by atoms with Crippen molar-refractivity contribution in [3.8, 4) is 5.75 Å². The summed E-state index contributed by atoms with van der Waals surface area (Å²) in [5.41, 5.74) is 4.18. The first-order valence-electron chi connectivity index (χ1n) is 9.31. The molecule has 0 bridgehead atoms. The van der Waals surface area contributed by atoms with E-state index in [9.17, 15) is 14.4 Å². The highest BCUT2D eigenvalue weighted by Crippen LogP contribution is 2.24. The van der Waals surface area contributed by atoms with Crippen molar-refractivity contribution in [3.63, 3.8) is 0 Å². The molecule has 0 unspecified atom stereocenters. The lowest BCUT2D eigenvalue weighted by atomic mass is 10.2. The van der Waals surface area contributed by atoms with Crippen LogP contribution in [0.4, 0.5) is 5.69 Å². The summed E-state index contributed by atoms with van der Waals surface area (Å²) in [6.07, 6.45) is 1.26.